The summed E-state index contributed by atoms with van der Waals surface area (Å²) in [6.45, 7) is 3.18. The molecule has 0 unspecified atom stereocenters. The number of methoxy groups -OCH3 is 2. The molecule has 0 spiro atoms. The van der Waals surface area contributed by atoms with Crippen LogP contribution in [0.2, 0.25) is 0 Å². The van der Waals surface area contributed by atoms with E-state index in [-0.39, 0.29) is 0 Å². The van der Waals surface area contributed by atoms with Gasteiger partial charge in [0, 0.05) is 60.8 Å². The van der Waals surface area contributed by atoms with E-state index >= 15 is 0 Å². The number of aromatic nitrogens is 5. The minimum absolute atomic E-state index is 0.443. The predicted molar refractivity (Wildman–Crippen MR) is 137 cm³/mol. The van der Waals surface area contributed by atoms with Crippen molar-refractivity contribution in [2.45, 2.75) is 25.5 Å². The standard InChI is InChI=1S/C25H25N7O3S/c1-25(33,23-26-9-12-36-23)7-5-17-15-22-31(10-4-11-32(22)30-17)21-6-8-27-24(29-21)28-18-13-19(34-2)16-20(14-18)35-3/h6,8-9,12-16,33H,4,10-11H2,1-3H3,(H,27,28,29)/t25-/m0/s1. The molecule has 1 atom stereocenters. The van der Waals surface area contributed by atoms with Crippen LogP contribution in [0.1, 0.15) is 24.0 Å². The topological polar surface area (TPSA) is 110 Å². The molecule has 1 aromatic carbocycles. The van der Waals surface area contributed by atoms with Gasteiger partial charge in [0.2, 0.25) is 5.95 Å². The SMILES string of the molecule is COc1cc(Nc2nccc(N3CCCn4nc(C#C[C@](C)(O)c5nccs5)cc43)n2)cc(OC)c1. The summed E-state index contributed by atoms with van der Waals surface area (Å²) < 4.78 is 12.6. The number of aliphatic hydroxyl groups is 1. The number of rotatable bonds is 6. The molecule has 0 saturated carbocycles. The third-order valence-corrected chi connectivity index (χ3v) is 6.58. The maximum atomic E-state index is 10.7. The van der Waals surface area contributed by atoms with Gasteiger partial charge in [-0.25, -0.2) is 14.6 Å². The Balaban J connectivity index is 1.40. The summed E-state index contributed by atoms with van der Waals surface area (Å²) in [5, 5.41) is 20.9. The van der Waals surface area contributed by atoms with Gasteiger partial charge >= 0.3 is 0 Å². The molecule has 0 saturated heterocycles. The molecule has 4 aromatic rings. The van der Waals surface area contributed by atoms with E-state index in [1.165, 1.54) is 11.3 Å². The molecule has 0 aliphatic carbocycles. The number of nitrogens with one attached hydrogen (secondary N) is 1. The van der Waals surface area contributed by atoms with E-state index in [9.17, 15) is 5.11 Å². The van der Waals surface area contributed by atoms with E-state index in [0.717, 1.165) is 36.8 Å². The Hall–Kier alpha value is -4.14. The van der Waals surface area contributed by atoms with Gasteiger partial charge in [0.15, 0.2) is 5.60 Å². The second-order valence-corrected chi connectivity index (χ2v) is 9.13. The van der Waals surface area contributed by atoms with E-state index in [2.05, 4.69) is 37.1 Å². The van der Waals surface area contributed by atoms with Crippen LogP contribution >= 0.6 is 11.3 Å². The van der Waals surface area contributed by atoms with Crippen molar-refractivity contribution < 1.29 is 14.6 Å². The minimum atomic E-state index is -1.34. The first kappa shape index (κ1) is 23.6. The lowest BCUT2D eigenvalue weighted by atomic mass is 10.1. The number of nitrogens with zero attached hydrogens (tertiary/aromatic N) is 6. The maximum absolute atomic E-state index is 10.7. The summed E-state index contributed by atoms with van der Waals surface area (Å²) in [4.78, 5) is 15.4. The van der Waals surface area contributed by atoms with Crippen molar-refractivity contribution in [3.8, 4) is 23.3 Å². The molecule has 4 heterocycles. The average Bonchev–Trinajstić information content (AvgIpc) is 3.58. The average molecular weight is 504 g/mol. The van der Waals surface area contributed by atoms with Gasteiger partial charge in [0.05, 0.1) is 14.2 Å². The molecule has 11 heteroatoms. The Morgan fingerprint density at radius 1 is 1.08 bits per heavy atom. The number of thiazole rings is 1. The summed E-state index contributed by atoms with van der Waals surface area (Å²) in [5.74, 6) is 9.29. The van der Waals surface area contributed by atoms with Gasteiger partial charge < -0.3 is 24.8 Å². The molecular weight excluding hydrogens is 478 g/mol. The number of fused-ring (bicyclic) bond motifs is 1. The van der Waals surface area contributed by atoms with E-state index in [1.807, 2.05) is 34.3 Å². The predicted octanol–water partition coefficient (Wildman–Crippen LogP) is 3.69. The van der Waals surface area contributed by atoms with Gasteiger partial charge in [-0.2, -0.15) is 10.1 Å². The fourth-order valence-corrected chi connectivity index (χ4v) is 4.50. The fourth-order valence-electron chi connectivity index (χ4n) is 3.85. The second kappa shape index (κ2) is 9.85. The molecule has 0 fully saturated rings. The normalized spacial score (nSPS) is 14.3. The second-order valence-electron chi connectivity index (χ2n) is 8.24. The van der Waals surface area contributed by atoms with Crippen molar-refractivity contribution in [3.63, 3.8) is 0 Å². The van der Waals surface area contributed by atoms with E-state index in [1.54, 1.807) is 39.6 Å². The van der Waals surface area contributed by atoms with Gasteiger partial charge in [-0.15, -0.1) is 11.3 Å². The molecular formula is C25H25N7O3S. The Morgan fingerprint density at radius 3 is 2.61 bits per heavy atom. The van der Waals surface area contributed by atoms with Crippen LogP contribution in [0, 0.1) is 11.8 Å². The summed E-state index contributed by atoms with van der Waals surface area (Å²) in [6.07, 6.45) is 4.26. The summed E-state index contributed by atoms with van der Waals surface area (Å²) >= 11 is 1.36. The highest BCUT2D eigenvalue weighted by Crippen LogP contribution is 2.31. The Morgan fingerprint density at radius 2 is 1.89 bits per heavy atom. The number of anilines is 4. The summed E-state index contributed by atoms with van der Waals surface area (Å²) in [7, 11) is 3.21. The summed E-state index contributed by atoms with van der Waals surface area (Å²) in [6, 6.07) is 9.26. The van der Waals surface area contributed by atoms with Crippen LogP contribution in [0.25, 0.3) is 0 Å². The van der Waals surface area contributed by atoms with Crippen molar-refractivity contribution >= 4 is 34.6 Å². The highest BCUT2D eigenvalue weighted by Gasteiger charge is 2.24. The summed E-state index contributed by atoms with van der Waals surface area (Å²) in [5.41, 5.74) is -0.0185. The third-order valence-electron chi connectivity index (χ3n) is 5.59. The maximum Gasteiger partial charge on any atom is 0.229 e. The molecule has 10 nitrogen and oxygen atoms in total. The van der Waals surface area contributed by atoms with Gasteiger partial charge in [-0.05, 0) is 25.3 Å². The Kier molecular flexibility index (Phi) is 6.45. The minimum Gasteiger partial charge on any atom is -0.497 e. The third kappa shape index (κ3) is 4.95. The number of benzene rings is 1. The van der Waals surface area contributed by atoms with E-state index in [0.29, 0.717) is 28.1 Å². The fraction of sp³-hybridized carbons (Fsp3) is 0.280. The van der Waals surface area contributed by atoms with Crippen LogP contribution in [0.5, 0.6) is 11.5 Å². The first-order valence-electron chi connectivity index (χ1n) is 11.3. The molecule has 1 aliphatic rings. The number of hydrogen-bond donors (Lipinski definition) is 2. The Labute approximate surface area is 212 Å². The van der Waals surface area contributed by atoms with Crippen molar-refractivity contribution in [2.24, 2.45) is 0 Å². The van der Waals surface area contributed by atoms with Crippen LogP contribution in [0.15, 0.2) is 48.1 Å². The number of aryl methyl sites for hydroxylation is 1. The highest BCUT2D eigenvalue weighted by atomic mass is 32.1. The largest absolute Gasteiger partial charge is 0.497 e. The van der Waals surface area contributed by atoms with Crippen molar-refractivity contribution in [1.29, 1.82) is 0 Å². The molecule has 3 aromatic heterocycles. The smallest absolute Gasteiger partial charge is 0.229 e. The lowest BCUT2D eigenvalue weighted by molar-refractivity contribution is 0.122. The lowest BCUT2D eigenvalue weighted by Gasteiger charge is -2.28. The van der Waals surface area contributed by atoms with Gasteiger partial charge in [-0.1, -0.05) is 5.92 Å². The Bertz CT molecular complexity index is 1400. The van der Waals surface area contributed by atoms with Gasteiger partial charge in [-0.3, -0.25) is 0 Å². The quantitative estimate of drug-likeness (QED) is 0.381. The highest BCUT2D eigenvalue weighted by molar-refractivity contribution is 7.09. The zero-order valence-electron chi connectivity index (χ0n) is 20.1. The van der Waals surface area contributed by atoms with E-state index < -0.39 is 5.60 Å². The molecule has 36 heavy (non-hydrogen) atoms. The number of ether oxygens (including phenoxy) is 2. The molecule has 2 N–H and O–H groups in total. The van der Waals surface area contributed by atoms with Crippen molar-refractivity contribution in [2.75, 3.05) is 31.0 Å². The molecule has 1 aliphatic heterocycles. The zero-order chi connectivity index (χ0) is 25.1. The van der Waals surface area contributed by atoms with Crippen LogP contribution in [0.4, 0.5) is 23.3 Å². The first-order chi connectivity index (χ1) is 17.4. The molecule has 0 amide bonds. The van der Waals surface area contributed by atoms with Crippen LogP contribution in [-0.4, -0.2) is 50.6 Å². The van der Waals surface area contributed by atoms with Crippen LogP contribution in [0.3, 0.4) is 0 Å². The zero-order valence-corrected chi connectivity index (χ0v) is 20.9. The van der Waals surface area contributed by atoms with Crippen molar-refractivity contribution in [3.05, 3.63) is 58.8 Å². The molecule has 0 radical (unpaired) electrons. The van der Waals surface area contributed by atoms with Crippen LogP contribution < -0.4 is 19.7 Å². The monoisotopic (exact) mass is 503 g/mol. The molecule has 184 valence electrons. The van der Waals surface area contributed by atoms with Crippen LogP contribution in [-0.2, 0) is 12.1 Å². The lowest BCUT2D eigenvalue weighted by Crippen LogP contribution is -2.28. The van der Waals surface area contributed by atoms with Gasteiger partial charge in [0.1, 0.15) is 33.8 Å². The van der Waals surface area contributed by atoms with Gasteiger partial charge in [0.25, 0.3) is 0 Å². The molecule has 5 rings (SSSR count). The molecule has 0 bridgehead atoms. The van der Waals surface area contributed by atoms with Crippen molar-refractivity contribution in [1.82, 2.24) is 24.7 Å². The first-order valence-corrected chi connectivity index (χ1v) is 12.2. The number of hydrogen-bond acceptors (Lipinski definition) is 10. The van der Waals surface area contributed by atoms with E-state index in [4.69, 9.17) is 14.5 Å².